The van der Waals surface area contributed by atoms with E-state index < -0.39 is 0 Å². The summed E-state index contributed by atoms with van der Waals surface area (Å²) in [6.07, 6.45) is 4.29. The Bertz CT molecular complexity index is 388. The largest absolute Gasteiger partial charge is 0.359 e. The molecule has 1 aliphatic rings. The zero-order valence-electron chi connectivity index (χ0n) is 11.8. The van der Waals surface area contributed by atoms with Crippen molar-refractivity contribution in [3.8, 4) is 0 Å². The van der Waals surface area contributed by atoms with Crippen molar-refractivity contribution in [2.24, 2.45) is 5.92 Å². The van der Waals surface area contributed by atoms with E-state index >= 15 is 0 Å². The average molecular weight is 267 g/mol. The third kappa shape index (κ3) is 3.17. The Kier molecular flexibility index (Phi) is 3.86. The van der Waals surface area contributed by atoms with Crippen LogP contribution in [0.4, 0.5) is 5.82 Å². The Morgan fingerprint density at radius 3 is 2.44 bits per heavy atom. The highest BCUT2D eigenvalue weighted by atomic mass is 35.5. The zero-order valence-corrected chi connectivity index (χ0v) is 12.5. The fourth-order valence-corrected chi connectivity index (χ4v) is 2.84. The van der Waals surface area contributed by atoms with Crippen molar-refractivity contribution in [1.82, 2.24) is 4.98 Å². The van der Waals surface area contributed by atoms with Crippen LogP contribution in [-0.2, 0) is 5.41 Å². The van der Waals surface area contributed by atoms with E-state index in [9.17, 15) is 0 Å². The standard InChI is InChI=1S/C15H23ClN2/c1-15(2,3)12-5-6-14(17-9-12)18(4)10-11-7-13(16)8-11/h5-6,9,11,13H,7-8,10H2,1-4H3. The summed E-state index contributed by atoms with van der Waals surface area (Å²) in [5.74, 6) is 1.79. The van der Waals surface area contributed by atoms with Gasteiger partial charge in [-0.25, -0.2) is 4.98 Å². The van der Waals surface area contributed by atoms with Crippen molar-refractivity contribution < 1.29 is 0 Å². The summed E-state index contributed by atoms with van der Waals surface area (Å²) in [6, 6.07) is 4.31. The first-order valence-corrected chi connectivity index (χ1v) is 7.11. The van der Waals surface area contributed by atoms with Crippen LogP contribution >= 0.6 is 11.6 Å². The van der Waals surface area contributed by atoms with E-state index in [-0.39, 0.29) is 5.41 Å². The molecule has 0 unspecified atom stereocenters. The molecule has 1 fully saturated rings. The number of anilines is 1. The fraction of sp³-hybridized carbons (Fsp3) is 0.667. The molecule has 1 aromatic heterocycles. The minimum Gasteiger partial charge on any atom is -0.359 e. The molecule has 0 aliphatic heterocycles. The van der Waals surface area contributed by atoms with Gasteiger partial charge in [0.2, 0.25) is 0 Å². The molecule has 3 heteroatoms. The molecule has 1 aromatic rings. The van der Waals surface area contributed by atoms with Crippen molar-refractivity contribution in [2.45, 2.75) is 44.4 Å². The predicted molar refractivity (Wildman–Crippen MR) is 78.6 cm³/mol. The van der Waals surface area contributed by atoms with Crippen LogP contribution in [0.1, 0.15) is 39.2 Å². The van der Waals surface area contributed by atoms with E-state index in [2.05, 4.69) is 49.8 Å². The van der Waals surface area contributed by atoms with E-state index in [1.807, 2.05) is 6.20 Å². The monoisotopic (exact) mass is 266 g/mol. The van der Waals surface area contributed by atoms with Gasteiger partial charge in [-0.2, -0.15) is 0 Å². The molecule has 0 aromatic carbocycles. The molecule has 0 bridgehead atoms. The van der Waals surface area contributed by atoms with Gasteiger partial charge < -0.3 is 4.90 Å². The van der Waals surface area contributed by atoms with Crippen LogP contribution < -0.4 is 4.90 Å². The van der Waals surface area contributed by atoms with Crippen molar-refractivity contribution in [3.63, 3.8) is 0 Å². The summed E-state index contributed by atoms with van der Waals surface area (Å²) in [5, 5.41) is 0.402. The lowest BCUT2D eigenvalue weighted by Crippen LogP contribution is -2.35. The highest BCUT2D eigenvalue weighted by Crippen LogP contribution is 2.33. The quantitative estimate of drug-likeness (QED) is 0.773. The molecular weight excluding hydrogens is 244 g/mol. The van der Waals surface area contributed by atoms with Crippen molar-refractivity contribution in [2.75, 3.05) is 18.5 Å². The lowest BCUT2D eigenvalue weighted by atomic mass is 9.84. The number of halogens is 1. The van der Waals surface area contributed by atoms with Crippen LogP contribution in [-0.4, -0.2) is 24.0 Å². The second-order valence-electron chi connectivity index (χ2n) is 6.47. The van der Waals surface area contributed by atoms with Crippen molar-refractivity contribution in [3.05, 3.63) is 23.9 Å². The van der Waals surface area contributed by atoms with Gasteiger partial charge in [0.1, 0.15) is 5.82 Å². The van der Waals surface area contributed by atoms with Gasteiger partial charge in [0.15, 0.2) is 0 Å². The van der Waals surface area contributed by atoms with Crippen LogP contribution in [0.3, 0.4) is 0 Å². The minimum absolute atomic E-state index is 0.171. The molecule has 1 saturated carbocycles. The molecule has 0 amide bonds. The molecule has 2 nitrogen and oxygen atoms in total. The Morgan fingerprint density at radius 1 is 1.33 bits per heavy atom. The van der Waals surface area contributed by atoms with E-state index in [0.29, 0.717) is 5.38 Å². The summed E-state index contributed by atoms with van der Waals surface area (Å²) < 4.78 is 0. The first-order chi connectivity index (χ1) is 8.36. The van der Waals surface area contributed by atoms with Gasteiger partial charge in [-0.1, -0.05) is 26.8 Å². The van der Waals surface area contributed by atoms with Crippen LogP contribution in [0.25, 0.3) is 0 Å². The Balaban J connectivity index is 1.96. The molecule has 100 valence electrons. The molecule has 0 atom stereocenters. The number of pyridine rings is 1. The first-order valence-electron chi connectivity index (χ1n) is 6.68. The van der Waals surface area contributed by atoms with Gasteiger partial charge in [-0.3, -0.25) is 0 Å². The summed E-state index contributed by atoms with van der Waals surface area (Å²) in [7, 11) is 2.11. The summed E-state index contributed by atoms with van der Waals surface area (Å²) in [6.45, 7) is 7.69. The van der Waals surface area contributed by atoms with Gasteiger partial charge in [-0.15, -0.1) is 11.6 Å². The van der Waals surface area contributed by atoms with Gasteiger partial charge >= 0.3 is 0 Å². The molecule has 18 heavy (non-hydrogen) atoms. The molecule has 1 aliphatic carbocycles. The van der Waals surface area contributed by atoms with E-state index in [1.54, 1.807) is 0 Å². The topological polar surface area (TPSA) is 16.1 Å². The lowest BCUT2D eigenvalue weighted by molar-refractivity contribution is 0.328. The third-order valence-electron chi connectivity index (χ3n) is 3.72. The Morgan fingerprint density at radius 2 is 2.00 bits per heavy atom. The third-order valence-corrected chi connectivity index (χ3v) is 4.07. The predicted octanol–water partition coefficient (Wildman–Crippen LogP) is 3.83. The average Bonchev–Trinajstić information content (AvgIpc) is 2.26. The molecule has 0 N–H and O–H groups in total. The number of alkyl halides is 1. The van der Waals surface area contributed by atoms with Crippen molar-refractivity contribution in [1.29, 1.82) is 0 Å². The number of nitrogens with zero attached hydrogens (tertiary/aromatic N) is 2. The number of hydrogen-bond acceptors (Lipinski definition) is 2. The van der Waals surface area contributed by atoms with Crippen molar-refractivity contribution >= 4 is 17.4 Å². The van der Waals surface area contributed by atoms with E-state index in [1.165, 1.54) is 5.56 Å². The summed E-state index contributed by atoms with van der Waals surface area (Å²) >= 11 is 6.01. The zero-order chi connectivity index (χ0) is 13.3. The van der Waals surface area contributed by atoms with E-state index in [4.69, 9.17) is 11.6 Å². The van der Waals surface area contributed by atoms with Gasteiger partial charge in [0, 0.05) is 25.2 Å². The fourth-order valence-electron chi connectivity index (χ4n) is 2.34. The summed E-state index contributed by atoms with van der Waals surface area (Å²) in [5.41, 5.74) is 1.45. The molecule has 0 radical (unpaired) electrons. The maximum atomic E-state index is 6.01. The molecular formula is C15H23ClN2. The lowest BCUT2D eigenvalue weighted by Gasteiger charge is -2.34. The molecule has 2 rings (SSSR count). The maximum Gasteiger partial charge on any atom is 0.128 e. The van der Waals surface area contributed by atoms with Crippen LogP contribution in [0, 0.1) is 5.92 Å². The Hall–Kier alpha value is -0.760. The number of rotatable bonds is 3. The van der Waals surface area contributed by atoms with Crippen LogP contribution in [0.2, 0.25) is 0 Å². The second kappa shape index (κ2) is 5.08. The minimum atomic E-state index is 0.171. The van der Waals surface area contributed by atoms with Crippen LogP contribution in [0.15, 0.2) is 18.3 Å². The molecule has 0 spiro atoms. The van der Waals surface area contributed by atoms with Gasteiger partial charge in [-0.05, 0) is 35.8 Å². The van der Waals surface area contributed by atoms with Gasteiger partial charge in [0.25, 0.3) is 0 Å². The normalized spacial score (nSPS) is 23.6. The maximum absolute atomic E-state index is 6.01. The number of aromatic nitrogens is 1. The highest BCUT2D eigenvalue weighted by Gasteiger charge is 2.28. The first kappa shape index (κ1) is 13.7. The smallest absolute Gasteiger partial charge is 0.128 e. The molecule has 0 saturated heterocycles. The highest BCUT2D eigenvalue weighted by molar-refractivity contribution is 6.21. The Labute approximate surface area is 115 Å². The summed E-state index contributed by atoms with van der Waals surface area (Å²) in [4.78, 5) is 6.80. The number of hydrogen-bond donors (Lipinski definition) is 0. The second-order valence-corrected chi connectivity index (χ2v) is 7.09. The SMILES string of the molecule is CN(CC1CC(Cl)C1)c1ccc(C(C)(C)C)cn1. The van der Waals surface area contributed by atoms with Gasteiger partial charge in [0.05, 0.1) is 0 Å². The van der Waals surface area contributed by atoms with Crippen LogP contribution in [0.5, 0.6) is 0 Å². The van der Waals surface area contributed by atoms with E-state index in [0.717, 1.165) is 31.1 Å². The molecule has 1 heterocycles.